The fraction of sp³-hybridized carbons (Fsp3) is 0.308. The molecule has 17 heavy (non-hydrogen) atoms. The zero-order valence-electron chi connectivity index (χ0n) is 9.88. The molecule has 88 valence electrons. The zero-order chi connectivity index (χ0) is 12.4. The summed E-state index contributed by atoms with van der Waals surface area (Å²) in [7, 11) is 0. The van der Waals surface area contributed by atoms with Crippen molar-refractivity contribution in [1.29, 1.82) is 0 Å². The SMILES string of the molecule is CCC(=O)C(C)n1c(=O)cnc2ccccc21. The summed E-state index contributed by atoms with van der Waals surface area (Å²) >= 11 is 0. The van der Waals surface area contributed by atoms with Crippen molar-refractivity contribution >= 4 is 16.8 Å². The molecule has 0 aliphatic carbocycles. The van der Waals surface area contributed by atoms with Gasteiger partial charge in [-0.1, -0.05) is 19.1 Å². The van der Waals surface area contributed by atoms with Crippen LogP contribution in [-0.2, 0) is 4.79 Å². The summed E-state index contributed by atoms with van der Waals surface area (Å²) in [6.45, 7) is 3.55. The maximum Gasteiger partial charge on any atom is 0.270 e. The summed E-state index contributed by atoms with van der Waals surface area (Å²) in [4.78, 5) is 27.6. The Morgan fingerprint density at radius 2 is 2.12 bits per heavy atom. The Morgan fingerprint density at radius 3 is 2.82 bits per heavy atom. The third kappa shape index (κ3) is 1.98. The predicted molar refractivity (Wildman–Crippen MR) is 66.0 cm³/mol. The first-order valence-electron chi connectivity index (χ1n) is 5.64. The van der Waals surface area contributed by atoms with E-state index in [0.717, 1.165) is 5.52 Å². The number of fused-ring (bicyclic) bond motifs is 1. The lowest BCUT2D eigenvalue weighted by Gasteiger charge is -2.15. The van der Waals surface area contributed by atoms with Crippen LogP contribution in [0.3, 0.4) is 0 Å². The molecule has 4 nitrogen and oxygen atoms in total. The summed E-state index contributed by atoms with van der Waals surface area (Å²) in [5.74, 6) is 0.0449. The third-order valence-electron chi connectivity index (χ3n) is 2.89. The van der Waals surface area contributed by atoms with Gasteiger partial charge in [0.25, 0.3) is 5.56 Å². The van der Waals surface area contributed by atoms with Gasteiger partial charge in [0, 0.05) is 6.42 Å². The average molecular weight is 230 g/mol. The molecule has 0 amide bonds. The van der Waals surface area contributed by atoms with E-state index in [1.807, 2.05) is 24.3 Å². The quantitative estimate of drug-likeness (QED) is 0.809. The van der Waals surface area contributed by atoms with Crippen molar-refractivity contribution in [3.63, 3.8) is 0 Å². The number of aromatic nitrogens is 2. The average Bonchev–Trinajstić information content (AvgIpc) is 2.37. The minimum atomic E-state index is -0.444. The number of carbonyl (C=O) groups is 1. The second-order valence-corrected chi connectivity index (χ2v) is 3.95. The lowest BCUT2D eigenvalue weighted by molar-refractivity contribution is -0.121. The third-order valence-corrected chi connectivity index (χ3v) is 2.89. The van der Waals surface area contributed by atoms with Crippen molar-refractivity contribution in [2.75, 3.05) is 0 Å². The Morgan fingerprint density at radius 1 is 1.41 bits per heavy atom. The van der Waals surface area contributed by atoms with Gasteiger partial charge in [0.1, 0.15) is 0 Å². The Kier molecular flexibility index (Phi) is 3.04. The molecule has 2 rings (SSSR count). The number of benzene rings is 1. The van der Waals surface area contributed by atoms with Crippen LogP contribution in [-0.4, -0.2) is 15.3 Å². The summed E-state index contributed by atoms with van der Waals surface area (Å²) in [5.41, 5.74) is 1.19. The summed E-state index contributed by atoms with van der Waals surface area (Å²) in [6.07, 6.45) is 1.69. The van der Waals surface area contributed by atoms with E-state index in [1.54, 1.807) is 13.8 Å². The first-order chi connectivity index (χ1) is 8.15. The van der Waals surface area contributed by atoms with Gasteiger partial charge in [0.2, 0.25) is 0 Å². The first kappa shape index (κ1) is 11.5. The predicted octanol–water partition coefficient (Wildman–Crippen LogP) is 1.94. The number of nitrogens with zero attached hydrogens (tertiary/aromatic N) is 2. The Hall–Kier alpha value is -1.97. The zero-order valence-corrected chi connectivity index (χ0v) is 9.88. The van der Waals surface area contributed by atoms with Crippen LogP contribution >= 0.6 is 0 Å². The molecule has 2 aromatic rings. The van der Waals surface area contributed by atoms with E-state index in [4.69, 9.17) is 0 Å². The van der Waals surface area contributed by atoms with Gasteiger partial charge in [-0.3, -0.25) is 14.2 Å². The highest BCUT2D eigenvalue weighted by atomic mass is 16.1. The molecule has 0 saturated heterocycles. The van der Waals surface area contributed by atoms with Crippen LogP contribution in [0.25, 0.3) is 11.0 Å². The minimum Gasteiger partial charge on any atom is -0.297 e. The number of ketones is 1. The van der Waals surface area contributed by atoms with Crippen LogP contribution in [0.15, 0.2) is 35.3 Å². The molecule has 1 aromatic heterocycles. The van der Waals surface area contributed by atoms with Crippen LogP contribution in [0.1, 0.15) is 26.3 Å². The Bertz CT molecular complexity index is 616. The van der Waals surface area contributed by atoms with E-state index >= 15 is 0 Å². The highest BCUT2D eigenvalue weighted by molar-refractivity contribution is 5.84. The van der Waals surface area contributed by atoms with E-state index in [9.17, 15) is 9.59 Å². The maximum atomic E-state index is 11.8. The fourth-order valence-electron chi connectivity index (χ4n) is 1.92. The second-order valence-electron chi connectivity index (χ2n) is 3.95. The molecule has 0 bridgehead atoms. The van der Waals surface area contributed by atoms with Crippen LogP contribution in [0, 0.1) is 0 Å². The molecule has 0 spiro atoms. The van der Waals surface area contributed by atoms with Gasteiger partial charge in [-0.05, 0) is 19.1 Å². The van der Waals surface area contributed by atoms with Gasteiger partial charge < -0.3 is 0 Å². The van der Waals surface area contributed by atoms with E-state index in [2.05, 4.69) is 4.98 Å². The van der Waals surface area contributed by atoms with Gasteiger partial charge in [-0.15, -0.1) is 0 Å². The van der Waals surface area contributed by atoms with Crippen LogP contribution in [0.4, 0.5) is 0 Å². The van der Waals surface area contributed by atoms with Crippen molar-refractivity contribution < 1.29 is 4.79 Å². The molecule has 0 fully saturated rings. The standard InChI is InChI=1S/C13H14N2O2/c1-3-12(16)9(2)15-11-7-5-4-6-10(11)14-8-13(15)17/h4-9H,3H2,1-2H3. The number of carbonyl (C=O) groups excluding carboxylic acids is 1. The van der Waals surface area contributed by atoms with Gasteiger partial charge in [-0.2, -0.15) is 0 Å². The largest absolute Gasteiger partial charge is 0.297 e. The molecule has 4 heteroatoms. The molecule has 0 saturated carbocycles. The van der Waals surface area contributed by atoms with Gasteiger partial charge in [0.05, 0.1) is 23.3 Å². The molecule has 0 aliphatic heterocycles. The van der Waals surface area contributed by atoms with Crippen LogP contribution in [0.2, 0.25) is 0 Å². The van der Waals surface area contributed by atoms with Crippen molar-refractivity contribution in [1.82, 2.24) is 9.55 Å². The number of hydrogen-bond donors (Lipinski definition) is 0. The van der Waals surface area contributed by atoms with E-state index in [1.165, 1.54) is 10.8 Å². The van der Waals surface area contributed by atoms with Crippen molar-refractivity contribution in [3.8, 4) is 0 Å². The van der Waals surface area contributed by atoms with Gasteiger partial charge >= 0.3 is 0 Å². The minimum absolute atomic E-state index is 0.0449. The van der Waals surface area contributed by atoms with Gasteiger partial charge in [0.15, 0.2) is 5.78 Å². The molecule has 1 atom stereocenters. The molecule has 1 heterocycles. The molecule has 0 radical (unpaired) electrons. The van der Waals surface area contributed by atoms with Crippen molar-refractivity contribution in [3.05, 3.63) is 40.8 Å². The van der Waals surface area contributed by atoms with Gasteiger partial charge in [-0.25, -0.2) is 4.98 Å². The van der Waals surface area contributed by atoms with Crippen molar-refractivity contribution in [2.24, 2.45) is 0 Å². The van der Waals surface area contributed by atoms with E-state index in [0.29, 0.717) is 11.9 Å². The molecule has 1 aromatic carbocycles. The number of para-hydroxylation sites is 2. The Balaban J connectivity index is 2.71. The fourth-order valence-corrected chi connectivity index (χ4v) is 1.92. The smallest absolute Gasteiger partial charge is 0.270 e. The lowest BCUT2D eigenvalue weighted by Crippen LogP contribution is -2.28. The van der Waals surface area contributed by atoms with Crippen molar-refractivity contribution in [2.45, 2.75) is 26.3 Å². The molecular weight excluding hydrogens is 216 g/mol. The number of Topliss-reactive ketones (excluding diaryl/α,β-unsaturated/α-hetero) is 1. The Labute approximate surface area is 98.9 Å². The lowest BCUT2D eigenvalue weighted by atomic mass is 10.1. The summed E-state index contributed by atoms with van der Waals surface area (Å²) in [5, 5.41) is 0. The molecular formula is C13H14N2O2. The highest BCUT2D eigenvalue weighted by Gasteiger charge is 2.16. The monoisotopic (exact) mass is 230 g/mol. The normalized spacial score (nSPS) is 12.6. The molecule has 1 unspecified atom stereocenters. The highest BCUT2D eigenvalue weighted by Crippen LogP contribution is 2.15. The van der Waals surface area contributed by atoms with Crippen LogP contribution in [0.5, 0.6) is 0 Å². The first-order valence-corrected chi connectivity index (χ1v) is 5.64. The van der Waals surface area contributed by atoms with Crippen LogP contribution < -0.4 is 5.56 Å². The van der Waals surface area contributed by atoms with E-state index in [-0.39, 0.29) is 11.3 Å². The second kappa shape index (κ2) is 4.49. The topological polar surface area (TPSA) is 52.0 Å². The number of hydrogen-bond acceptors (Lipinski definition) is 3. The molecule has 0 N–H and O–H groups in total. The summed E-state index contributed by atoms with van der Waals surface area (Å²) in [6, 6.07) is 6.89. The summed E-state index contributed by atoms with van der Waals surface area (Å²) < 4.78 is 1.51. The van der Waals surface area contributed by atoms with E-state index < -0.39 is 6.04 Å². The number of rotatable bonds is 3. The maximum absolute atomic E-state index is 11.8. The molecule has 0 aliphatic rings.